The van der Waals surface area contributed by atoms with E-state index in [1.54, 1.807) is 0 Å². The predicted molar refractivity (Wildman–Crippen MR) is 90.3 cm³/mol. The van der Waals surface area contributed by atoms with Crippen molar-refractivity contribution in [2.24, 2.45) is 5.92 Å². The second-order valence-electron chi connectivity index (χ2n) is 7.06. The van der Waals surface area contributed by atoms with Crippen molar-refractivity contribution in [1.29, 1.82) is 0 Å². The van der Waals surface area contributed by atoms with E-state index in [-0.39, 0.29) is 5.54 Å². The minimum atomic E-state index is 0.274. The highest BCUT2D eigenvalue weighted by Gasteiger charge is 2.38. The van der Waals surface area contributed by atoms with Gasteiger partial charge in [0, 0.05) is 11.6 Å². The highest BCUT2D eigenvalue weighted by Crippen LogP contribution is 2.30. The minimum absolute atomic E-state index is 0.274. The second kappa shape index (κ2) is 9.04. The zero-order chi connectivity index (χ0) is 15.0. The summed E-state index contributed by atoms with van der Waals surface area (Å²) in [4.78, 5) is 2.77. The van der Waals surface area contributed by atoms with Gasteiger partial charge in [-0.1, -0.05) is 46.5 Å². The molecule has 20 heavy (non-hydrogen) atoms. The lowest BCUT2D eigenvalue weighted by atomic mass is 9.80. The molecule has 0 amide bonds. The molecule has 1 atom stereocenters. The molecular weight excluding hydrogens is 244 g/mol. The van der Waals surface area contributed by atoms with Crippen molar-refractivity contribution in [3.8, 4) is 0 Å². The van der Waals surface area contributed by atoms with Crippen LogP contribution >= 0.6 is 0 Å². The molecule has 0 aliphatic carbocycles. The molecule has 2 nitrogen and oxygen atoms in total. The molecule has 1 fully saturated rings. The first-order valence-electron chi connectivity index (χ1n) is 9.06. The number of nitrogens with one attached hydrogen (secondary N) is 1. The number of likely N-dealkylation sites (tertiary alicyclic amines) is 1. The molecule has 0 radical (unpaired) electrons. The summed E-state index contributed by atoms with van der Waals surface area (Å²) in [6.07, 6.45) is 9.41. The van der Waals surface area contributed by atoms with Crippen molar-refractivity contribution in [3.05, 3.63) is 0 Å². The van der Waals surface area contributed by atoms with Crippen LogP contribution in [0.3, 0.4) is 0 Å². The Kier molecular flexibility index (Phi) is 8.13. The van der Waals surface area contributed by atoms with Crippen LogP contribution in [0, 0.1) is 5.92 Å². The van der Waals surface area contributed by atoms with Gasteiger partial charge in [0.1, 0.15) is 0 Å². The van der Waals surface area contributed by atoms with Crippen molar-refractivity contribution in [2.45, 2.75) is 91.1 Å². The van der Waals surface area contributed by atoms with Gasteiger partial charge >= 0.3 is 0 Å². The summed E-state index contributed by atoms with van der Waals surface area (Å²) >= 11 is 0. The van der Waals surface area contributed by atoms with E-state index < -0.39 is 0 Å². The fourth-order valence-corrected chi connectivity index (χ4v) is 3.90. The third-order valence-corrected chi connectivity index (χ3v) is 5.32. The summed E-state index contributed by atoms with van der Waals surface area (Å²) in [6, 6.07) is 0.621. The lowest BCUT2D eigenvalue weighted by molar-refractivity contribution is 0.0561. The Morgan fingerprint density at radius 3 is 1.95 bits per heavy atom. The van der Waals surface area contributed by atoms with Crippen LogP contribution in [0.4, 0.5) is 0 Å². The quantitative estimate of drug-likeness (QED) is 0.708. The molecule has 0 bridgehead atoms. The molecule has 0 spiro atoms. The molecule has 120 valence electrons. The van der Waals surface area contributed by atoms with E-state index in [0.29, 0.717) is 6.04 Å². The topological polar surface area (TPSA) is 15.3 Å². The van der Waals surface area contributed by atoms with Crippen LogP contribution in [-0.2, 0) is 0 Å². The largest absolute Gasteiger partial charge is 0.312 e. The summed E-state index contributed by atoms with van der Waals surface area (Å²) in [5, 5.41) is 3.89. The standard InChI is InChI=1S/C18H38N2/c1-6-13-19-17(16(7-2)8-3)18(4,5)20-14-11-9-10-12-15-20/h16-17,19H,6-15H2,1-5H3. The van der Waals surface area contributed by atoms with E-state index in [1.807, 2.05) is 0 Å². The van der Waals surface area contributed by atoms with E-state index in [2.05, 4.69) is 44.8 Å². The van der Waals surface area contributed by atoms with Crippen molar-refractivity contribution in [3.63, 3.8) is 0 Å². The van der Waals surface area contributed by atoms with Crippen molar-refractivity contribution in [1.82, 2.24) is 10.2 Å². The number of hydrogen-bond acceptors (Lipinski definition) is 2. The Labute approximate surface area is 127 Å². The number of hydrogen-bond donors (Lipinski definition) is 1. The van der Waals surface area contributed by atoms with Crippen LogP contribution in [0.15, 0.2) is 0 Å². The van der Waals surface area contributed by atoms with Gasteiger partial charge in [-0.05, 0) is 58.7 Å². The van der Waals surface area contributed by atoms with Crippen LogP contribution in [0.25, 0.3) is 0 Å². The molecule has 1 unspecified atom stereocenters. The molecule has 1 aliphatic heterocycles. The zero-order valence-electron chi connectivity index (χ0n) is 14.7. The maximum absolute atomic E-state index is 3.89. The van der Waals surface area contributed by atoms with Crippen molar-refractivity contribution < 1.29 is 0 Å². The highest BCUT2D eigenvalue weighted by molar-refractivity contribution is 4.97. The van der Waals surface area contributed by atoms with Crippen LogP contribution < -0.4 is 5.32 Å². The summed E-state index contributed by atoms with van der Waals surface area (Å²) in [5.74, 6) is 0.791. The predicted octanol–water partition coefficient (Wildman–Crippen LogP) is 4.45. The fourth-order valence-electron chi connectivity index (χ4n) is 3.90. The molecule has 0 aromatic carbocycles. The summed E-state index contributed by atoms with van der Waals surface area (Å²) in [5.41, 5.74) is 0.274. The van der Waals surface area contributed by atoms with Gasteiger partial charge in [-0.3, -0.25) is 4.90 Å². The normalized spacial score (nSPS) is 20.1. The number of nitrogens with zero attached hydrogens (tertiary/aromatic N) is 1. The van der Waals surface area contributed by atoms with Crippen molar-refractivity contribution >= 4 is 0 Å². The van der Waals surface area contributed by atoms with Crippen LogP contribution in [0.5, 0.6) is 0 Å². The molecule has 1 rings (SSSR count). The molecule has 1 heterocycles. The van der Waals surface area contributed by atoms with Gasteiger partial charge in [0.25, 0.3) is 0 Å². The van der Waals surface area contributed by atoms with Gasteiger partial charge in [-0.25, -0.2) is 0 Å². The third-order valence-electron chi connectivity index (χ3n) is 5.32. The molecule has 1 N–H and O–H groups in total. The van der Waals surface area contributed by atoms with Gasteiger partial charge in [-0.2, -0.15) is 0 Å². The molecule has 0 saturated carbocycles. The Bertz CT molecular complexity index is 238. The van der Waals surface area contributed by atoms with E-state index in [0.717, 1.165) is 12.5 Å². The Hall–Kier alpha value is -0.0800. The van der Waals surface area contributed by atoms with E-state index in [9.17, 15) is 0 Å². The average molecular weight is 283 g/mol. The average Bonchev–Trinajstić information content (AvgIpc) is 2.72. The molecule has 1 saturated heterocycles. The van der Waals surface area contributed by atoms with Gasteiger partial charge in [-0.15, -0.1) is 0 Å². The smallest absolute Gasteiger partial charge is 0.0308 e. The Morgan fingerprint density at radius 2 is 1.50 bits per heavy atom. The lowest BCUT2D eigenvalue weighted by Gasteiger charge is -2.47. The van der Waals surface area contributed by atoms with Crippen LogP contribution in [-0.4, -0.2) is 36.1 Å². The first-order valence-corrected chi connectivity index (χ1v) is 9.06. The Morgan fingerprint density at radius 1 is 0.950 bits per heavy atom. The number of rotatable bonds is 8. The maximum atomic E-state index is 3.89. The first-order chi connectivity index (χ1) is 9.57. The van der Waals surface area contributed by atoms with E-state index in [4.69, 9.17) is 0 Å². The Balaban J connectivity index is 2.83. The van der Waals surface area contributed by atoms with Crippen LogP contribution in [0.2, 0.25) is 0 Å². The zero-order valence-corrected chi connectivity index (χ0v) is 14.7. The minimum Gasteiger partial charge on any atom is -0.312 e. The second-order valence-corrected chi connectivity index (χ2v) is 7.06. The maximum Gasteiger partial charge on any atom is 0.0308 e. The lowest BCUT2D eigenvalue weighted by Crippen LogP contribution is -2.60. The fraction of sp³-hybridized carbons (Fsp3) is 1.00. The summed E-state index contributed by atoms with van der Waals surface area (Å²) in [6.45, 7) is 15.7. The third kappa shape index (κ3) is 4.73. The van der Waals surface area contributed by atoms with Crippen molar-refractivity contribution in [2.75, 3.05) is 19.6 Å². The highest BCUT2D eigenvalue weighted by atomic mass is 15.2. The summed E-state index contributed by atoms with van der Waals surface area (Å²) < 4.78 is 0. The molecule has 1 aliphatic rings. The van der Waals surface area contributed by atoms with Gasteiger partial charge in [0.2, 0.25) is 0 Å². The summed E-state index contributed by atoms with van der Waals surface area (Å²) in [7, 11) is 0. The van der Waals surface area contributed by atoms with E-state index in [1.165, 1.54) is 58.0 Å². The van der Waals surface area contributed by atoms with E-state index >= 15 is 0 Å². The molecule has 2 heteroatoms. The van der Waals surface area contributed by atoms with Gasteiger partial charge < -0.3 is 5.32 Å². The molecular formula is C18H38N2. The SMILES string of the molecule is CCCNC(C(CC)CC)C(C)(C)N1CCCCCC1. The van der Waals surface area contributed by atoms with Gasteiger partial charge in [0.15, 0.2) is 0 Å². The monoisotopic (exact) mass is 282 g/mol. The molecule has 0 aromatic heterocycles. The van der Waals surface area contributed by atoms with Gasteiger partial charge in [0.05, 0.1) is 0 Å². The molecule has 0 aromatic rings. The van der Waals surface area contributed by atoms with Crippen LogP contribution in [0.1, 0.15) is 79.6 Å². The first kappa shape index (κ1) is 18.0.